The molecule has 126 heavy (non-hydrogen) atoms. The van der Waals surface area contributed by atoms with E-state index in [1.807, 2.05) is 141 Å². The topological polar surface area (TPSA) is 285 Å². The lowest BCUT2D eigenvalue weighted by molar-refractivity contribution is 0.473. The van der Waals surface area contributed by atoms with E-state index < -0.39 is 74.2 Å². The molecule has 0 spiro atoms. The predicted molar refractivity (Wildman–Crippen MR) is 488 cm³/mol. The summed E-state index contributed by atoms with van der Waals surface area (Å²) in [7, 11) is -14.9. The average molecular weight is 1780 g/mol. The number of para-hydroxylation sites is 1. The van der Waals surface area contributed by atoms with Crippen LogP contribution in [0.4, 0.5) is 23.2 Å². The number of nitrogens with two attached hydrogens (primary N) is 1. The number of fused-ring (bicyclic) bond motifs is 4. The van der Waals surface area contributed by atoms with Gasteiger partial charge in [0, 0.05) is 51.9 Å². The Morgan fingerprint density at radius 3 is 1.23 bits per heavy atom. The fourth-order valence-electron chi connectivity index (χ4n) is 14.9. The van der Waals surface area contributed by atoms with E-state index in [1.165, 1.54) is 41.1 Å². The van der Waals surface area contributed by atoms with Crippen molar-refractivity contribution in [3.8, 4) is 22.7 Å². The Kier molecular flexibility index (Phi) is 25.7. The van der Waals surface area contributed by atoms with Crippen molar-refractivity contribution in [2.45, 2.75) is 182 Å². The molecule has 0 amide bonds. The summed E-state index contributed by atoms with van der Waals surface area (Å²) >= 11 is 0. The van der Waals surface area contributed by atoms with Crippen LogP contribution in [0.25, 0.3) is 66.4 Å². The van der Waals surface area contributed by atoms with Crippen molar-refractivity contribution in [3.05, 3.63) is 328 Å². The first-order chi connectivity index (χ1) is 59.2. The van der Waals surface area contributed by atoms with Gasteiger partial charge in [-0.3, -0.25) is 19.9 Å². The zero-order valence-electron chi connectivity index (χ0n) is 72.9. The zero-order chi connectivity index (χ0) is 91.1. The molecule has 0 atom stereocenters. The van der Waals surface area contributed by atoms with Gasteiger partial charge in [-0.2, -0.15) is 20.4 Å². The van der Waals surface area contributed by atoms with Crippen molar-refractivity contribution in [3.63, 3.8) is 0 Å². The van der Waals surface area contributed by atoms with E-state index in [9.17, 15) is 51.2 Å². The van der Waals surface area contributed by atoms with Gasteiger partial charge >= 0.3 is 0 Å². The molecule has 0 saturated heterocycles. The lowest BCUT2D eigenvalue weighted by Crippen LogP contribution is -2.15. The summed E-state index contributed by atoms with van der Waals surface area (Å²) in [5.41, 5.74) is 19.2. The zero-order valence-corrected chi connectivity index (χ0v) is 76.2. The Morgan fingerprint density at radius 2 is 0.738 bits per heavy atom. The maximum absolute atomic E-state index is 14.7. The molecule has 0 aliphatic heterocycles. The third kappa shape index (κ3) is 20.4. The minimum atomic E-state index is -3.92. The number of rotatable bonds is 17. The van der Waals surface area contributed by atoms with Crippen LogP contribution in [-0.4, -0.2) is 92.7 Å². The number of hydrogen-bond acceptors (Lipinski definition) is 17. The molecule has 16 rings (SSSR count). The molecule has 16 aromatic rings. The molecule has 0 fully saturated rings. The number of sulfone groups is 4. The van der Waals surface area contributed by atoms with Gasteiger partial charge in [0.2, 0.25) is 0 Å². The number of halogens is 4. The van der Waals surface area contributed by atoms with Crippen LogP contribution >= 0.6 is 0 Å². The molecule has 0 unspecified atom stereocenters. The van der Waals surface area contributed by atoms with E-state index in [0.717, 1.165) is 62.0 Å². The molecular weight excluding hydrogens is 1680 g/mol. The first kappa shape index (κ1) is 91.3. The highest BCUT2D eigenvalue weighted by atomic mass is 32.2. The average Bonchev–Trinajstić information content (AvgIpc) is 1.53. The van der Waals surface area contributed by atoms with Crippen LogP contribution < -0.4 is 5.73 Å². The second-order valence-electron chi connectivity index (χ2n) is 35.3. The van der Waals surface area contributed by atoms with E-state index in [0.29, 0.717) is 89.2 Å². The molecule has 0 radical (unpaired) electrons. The molecule has 0 saturated carbocycles. The molecule has 8 aromatic carbocycles. The minimum absolute atomic E-state index is 0.0295. The van der Waals surface area contributed by atoms with E-state index in [1.54, 1.807) is 131 Å². The second-order valence-corrected chi connectivity index (χ2v) is 43.3. The lowest BCUT2D eigenvalue weighted by Gasteiger charge is -2.20. The maximum atomic E-state index is 14.7. The summed E-state index contributed by atoms with van der Waals surface area (Å²) < 4.78 is 168. The number of benzene rings is 8. The normalized spacial score (nSPS) is 12.4. The fourth-order valence-corrected chi connectivity index (χ4v) is 20.1. The molecule has 0 aliphatic rings. The number of nitrogen functional groups attached to an aromatic ring is 1. The third-order valence-corrected chi connectivity index (χ3v) is 27.9. The van der Waals surface area contributed by atoms with Gasteiger partial charge in [0.05, 0.1) is 139 Å². The van der Waals surface area contributed by atoms with Gasteiger partial charge < -0.3 is 5.73 Å². The van der Waals surface area contributed by atoms with Crippen LogP contribution in [0.5, 0.6) is 0 Å². The predicted octanol–water partition coefficient (Wildman–Crippen LogP) is 20.5. The van der Waals surface area contributed by atoms with Gasteiger partial charge in [0.15, 0.2) is 39.3 Å². The highest BCUT2D eigenvalue weighted by Gasteiger charge is 2.30. The smallest absolute Gasteiger partial charge is 0.184 e. The monoisotopic (exact) mass is 1780 g/mol. The Morgan fingerprint density at radius 1 is 0.333 bits per heavy atom. The second kappa shape index (κ2) is 35.5. The van der Waals surface area contributed by atoms with Gasteiger partial charge in [-0.05, 0) is 223 Å². The van der Waals surface area contributed by atoms with E-state index in [-0.39, 0.29) is 60.0 Å². The number of pyridine rings is 4. The Hall–Kier alpha value is -12.4. The van der Waals surface area contributed by atoms with Crippen LogP contribution in [0.15, 0.2) is 257 Å². The third-order valence-electron chi connectivity index (χ3n) is 21.2. The van der Waals surface area contributed by atoms with E-state index in [4.69, 9.17) is 5.73 Å². The van der Waals surface area contributed by atoms with Crippen LogP contribution in [0, 0.1) is 45.1 Å². The number of aryl methyl sites for hydroxylation is 4. The number of nitrogens with zero attached hydrogens (tertiary/aromatic N) is 12. The number of anilines is 1. The van der Waals surface area contributed by atoms with Gasteiger partial charge in [0.25, 0.3) is 0 Å². The molecule has 2 N–H and O–H groups in total. The van der Waals surface area contributed by atoms with Crippen molar-refractivity contribution >= 4 is 88.6 Å². The SMILES string of the molecule is CC(C)(C)c1ccc(S(=O)(=O)Cc2cc(CF)nn2-c2cccc3ncccc23)cc1F.Cc1cc(-n2nc(C)cc2CS(=O)(=O)c2ccc(C(C)(C)C)cc2)c2ccccc2n1.Cc1cc(CS(=O)(=O)c2ccc(C(C)(C)C)c(F)c2)n(-c2ccc(N)c3ncccc23)n1.Cc1cc(CS(=O)(=O)c2ccc(C(C)(C)C)cc2)n(-c2ccnc3cc(F)ccc23)n1. The summed E-state index contributed by atoms with van der Waals surface area (Å²) in [6.45, 7) is 30.4. The van der Waals surface area contributed by atoms with Crippen molar-refractivity contribution < 1.29 is 51.2 Å². The summed E-state index contributed by atoms with van der Waals surface area (Å²) in [5.74, 6) is -2.59. The summed E-state index contributed by atoms with van der Waals surface area (Å²) in [6.07, 6.45) is 4.87. The molecule has 21 nitrogen and oxygen atoms in total. The largest absolute Gasteiger partial charge is 0.397 e. The van der Waals surface area contributed by atoms with Crippen LogP contribution in [0.2, 0.25) is 0 Å². The number of alkyl halides is 1. The Balaban J connectivity index is 0.000000144. The summed E-state index contributed by atoms with van der Waals surface area (Å²) in [5, 5.41) is 21.0. The molecular formula is C97H99F4N13O8S4. The van der Waals surface area contributed by atoms with Gasteiger partial charge in [0.1, 0.15) is 24.1 Å². The van der Waals surface area contributed by atoms with Gasteiger partial charge in [-0.15, -0.1) is 0 Å². The van der Waals surface area contributed by atoms with Crippen molar-refractivity contribution in [1.82, 2.24) is 59.1 Å². The molecule has 29 heteroatoms. The first-order valence-electron chi connectivity index (χ1n) is 40.6. The molecule has 8 aromatic heterocycles. The minimum Gasteiger partial charge on any atom is -0.397 e. The summed E-state index contributed by atoms with van der Waals surface area (Å²) in [4.78, 5) is 17.9. The summed E-state index contributed by atoms with van der Waals surface area (Å²) in [6, 6.07) is 61.1. The fraction of sp³-hybridized carbons (Fsp3) is 0.258. The molecule has 8 heterocycles. The molecule has 652 valence electrons. The Labute approximate surface area is 732 Å². The van der Waals surface area contributed by atoms with E-state index >= 15 is 0 Å². The first-order valence-corrected chi connectivity index (χ1v) is 47.2. The van der Waals surface area contributed by atoms with Crippen LogP contribution in [0.3, 0.4) is 0 Å². The lowest BCUT2D eigenvalue weighted by atomic mass is 9.87. The van der Waals surface area contributed by atoms with Crippen molar-refractivity contribution in [1.29, 1.82) is 0 Å². The number of hydrogen-bond donors (Lipinski definition) is 1. The van der Waals surface area contributed by atoms with Gasteiger partial charge in [-0.25, -0.2) is 70.0 Å². The van der Waals surface area contributed by atoms with Crippen LogP contribution in [0.1, 0.15) is 157 Å². The molecule has 0 aliphatic carbocycles. The van der Waals surface area contributed by atoms with Crippen LogP contribution in [-0.2, 0) is 90.7 Å². The van der Waals surface area contributed by atoms with E-state index in [2.05, 4.69) is 81.9 Å². The van der Waals surface area contributed by atoms with Crippen molar-refractivity contribution in [2.75, 3.05) is 5.73 Å². The Bertz CT molecular complexity index is 7290. The number of aromatic nitrogens is 12. The quantitative estimate of drug-likeness (QED) is 0.0654. The highest BCUT2D eigenvalue weighted by Crippen LogP contribution is 2.36. The highest BCUT2D eigenvalue weighted by molar-refractivity contribution is 7.91. The van der Waals surface area contributed by atoms with Crippen molar-refractivity contribution in [2.24, 2.45) is 0 Å². The van der Waals surface area contributed by atoms with Gasteiger partial charge in [-0.1, -0.05) is 144 Å². The maximum Gasteiger partial charge on any atom is 0.184 e. The standard InChI is InChI=1S/C25H27N3O2S.C24H23F2N3O2S.C24H25FN4O2S.C24H24FN3O2S/c1-17-15-24(22-8-6-7-9-23(22)26-17)28-20(14-18(2)27-28)16-31(29,30)21-12-10-19(11-13-21)25(3,4)5;1-24(2,3)20-10-9-18(13-21(20)26)32(30,31)15-17-12-16(14-25)28-29(17)23-8-4-7-22-19(23)6-5-11-27-22;1-15-12-16(14-32(30,31)17-7-8-19(20(25)13-17)24(2,3)4)29(28-15)22-10-9-21(26)23-18(22)6-5-11-27-23;1-16-13-19(15-31(29,30)20-8-5-17(6-9-20)24(2,3)4)28(27-16)23-11-12-26-22-14-18(25)7-10-21(22)23/h6-15H,16H2,1-5H3;4-13H,14-15H2,1-3H3;5-13H,14,26H2,1-4H3;5-14H,15H2,1-4H3. The molecule has 0 bridgehead atoms.